The quantitative estimate of drug-likeness (QED) is 0.379. The molecule has 0 N–H and O–H groups in total. The van der Waals surface area contributed by atoms with Gasteiger partial charge in [0.1, 0.15) is 23.0 Å². The molecule has 0 unspecified atom stereocenters. The van der Waals surface area contributed by atoms with Crippen LogP contribution in [0.3, 0.4) is 0 Å². The molecule has 1 aliphatic rings. The number of benzene rings is 2. The van der Waals surface area contributed by atoms with Crippen molar-refractivity contribution in [1.82, 2.24) is 4.90 Å². The molecule has 1 aliphatic heterocycles. The van der Waals surface area contributed by atoms with Crippen LogP contribution in [0.1, 0.15) is 54.6 Å². The minimum atomic E-state index is -0.0815. The van der Waals surface area contributed by atoms with Crippen LogP contribution in [0.4, 0.5) is 5.69 Å². The first-order valence-corrected chi connectivity index (χ1v) is 12.8. The van der Waals surface area contributed by atoms with Crippen molar-refractivity contribution in [2.24, 2.45) is 0 Å². The molecule has 7 nitrogen and oxygen atoms in total. The third kappa shape index (κ3) is 5.87. The first-order valence-electron chi connectivity index (χ1n) is 12.8. The molecular formula is C30H38N2O5. The van der Waals surface area contributed by atoms with Crippen LogP contribution in [-0.4, -0.2) is 58.3 Å². The fourth-order valence-corrected chi connectivity index (χ4v) is 4.62. The first kappa shape index (κ1) is 26.5. The van der Waals surface area contributed by atoms with Crippen molar-refractivity contribution in [1.29, 1.82) is 0 Å². The zero-order chi connectivity index (χ0) is 26.6. The van der Waals surface area contributed by atoms with Crippen LogP contribution in [0, 0.1) is 0 Å². The van der Waals surface area contributed by atoms with Gasteiger partial charge >= 0.3 is 0 Å². The highest BCUT2D eigenvalue weighted by Crippen LogP contribution is 2.32. The van der Waals surface area contributed by atoms with E-state index in [-0.39, 0.29) is 11.3 Å². The van der Waals surface area contributed by atoms with E-state index in [9.17, 15) is 4.79 Å². The molecule has 1 fully saturated rings. The maximum Gasteiger partial charge on any atom is 0.289 e. The number of hydrogen-bond donors (Lipinski definition) is 0. The predicted octanol–water partition coefficient (Wildman–Crippen LogP) is 5.55. The minimum absolute atomic E-state index is 0.0729. The van der Waals surface area contributed by atoms with Crippen LogP contribution in [0.2, 0.25) is 0 Å². The largest absolute Gasteiger partial charge is 0.497 e. The van der Waals surface area contributed by atoms with Gasteiger partial charge in [0.25, 0.3) is 5.91 Å². The third-order valence-electron chi connectivity index (χ3n) is 7.45. The van der Waals surface area contributed by atoms with Gasteiger partial charge in [0.15, 0.2) is 5.76 Å². The van der Waals surface area contributed by atoms with E-state index < -0.39 is 0 Å². The van der Waals surface area contributed by atoms with Crippen molar-refractivity contribution < 1.29 is 23.4 Å². The molecule has 0 spiro atoms. The topological polar surface area (TPSA) is 64.4 Å². The second-order valence-electron chi connectivity index (χ2n) is 10.1. The van der Waals surface area contributed by atoms with Gasteiger partial charge < -0.3 is 28.4 Å². The maximum absolute atomic E-state index is 13.2. The zero-order valence-electron chi connectivity index (χ0n) is 22.8. The van der Waals surface area contributed by atoms with Gasteiger partial charge in [-0.1, -0.05) is 32.9 Å². The lowest BCUT2D eigenvalue weighted by Crippen LogP contribution is -2.48. The van der Waals surface area contributed by atoms with Crippen LogP contribution in [0.5, 0.6) is 17.2 Å². The highest BCUT2D eigenvalue weighted by Gasteiger charge is 2.26. The molecule has 7 heteroatoms. The second-order valence-corrected chi connectivity index (χ2v) is 10.1. The second kappa shape index (κ2) is 11.2. The van der Waals surface area contributed by atoms with Gasteiger partial charge in [-0.15, -0.1) is 0 Å². The summed E-state index contributed by atoms with van der Waals surface area (Å²) in [7, 11) is 4.97. The number of hydrogen-bond acceptors (Lipinski definition) is 6. The number of furan rings is 1. The monoisotopic (exact) mass is 506 g/mol. The molecule has 3 aromatic rings. The average molecular weight is 507 g/mol. The standard InChI is InChI=1S/C30H38N2O5/c1-7-30(2,3)22-8-10-27(36-6)21(16-22)17-24-9-11-28(37-24)29(33)32-14-12-31(13-15-32)23-18-25(34-4)20-26(19-23)35-5/h8-11,16,18-20H,7,12-15,17H2,1-6H3. The van der Waals surface area contributed by atoms with Gasteiger partial charge in [-0.25, -0.2) is 0 Å². The van der Waals surface area contributed by atoms with Crippen LogP contribution < -0.4 is 19.1 Å². The van der Waals surface area contributed by atoms with Crippen LogP contribution in [-0.2, 0) is 11.8 Å². The van der Waals surface area contributed by atoms with Gasteiger partial charge in [0, 0.05) is 62.0 Å². The average Bonchev–Trinajstić information content (AvgIpc) is 3.40. The first-order chi connectivity index (χ1) is 17.8. The number of carbonyl (C=O) groups is 1. The number of rotatable bonds is 9. The maximum atomic E-state index is 13.2. The van der Waals surface area contributed by atoms with Gasteiger partial charge in [-0.3, -0.25) is 4.79 Å². The summed E-state index contributed by atoms with van der Waals surface area (Å²) in [6.45, 7) is 9.33. The Morgan fingerprint density at radius 3 is 2.16 bits per heavy atom. The predicted molar refractivity (Wildman–Crippen MR) is 145 cm³/mol. The summed E-state index contributed by atoms with van der Waals surface area (Å²) >= 11 is 0. The number of ether oxygens (including phenoxy) is 3. The van der Waals surface area contributed by atoms with E-state index in [0.29, 0.717) is 38.4 Å². The van der Waals surface area contributed by atoms with Crippen LogP contribution in [0.15, 0.2) is 52.9 Å². The van der Waals surface area contributed by atoms with E-state index in [0.717, 1.165) is 40.7 Å². The van der Waals surface area contributed by atoms with Gasteiger partial charge in [0.2, 0.25) is 0 Å². The normalized spacial score (nSPS) is 14.0. The molecule has 1 saturated heterocycles. The summed E-state index contributed by atoms with van der Waals surface area (Å²) < 4.78 is 22.4. The number of carbonyl (C=O) groups excluding carboxylic acids is 1. The molecule has 0 radical (unpaired) electrons. The van der Waals surface area contributed by atoms with Crippen molar-refractivity contribution in [3.8, 4) is 17.2 Å². The van der Waals surface area contributed by atoms with Gasteiger partial charge in [-0.05, 0) is 35.6 Å². The molecule has 0 bridgehead atoms. The lowest BCUT2D eigenvalue weighted by atomic mass is 9.81. The SMILES string of the molecule is CCC(C)(C)c1ccc(OC)c(Cc2ccc(C(=O)N3CCN(c4cc(OC)cc(OC)c4)CC3)o2)c1. The number of amides is 1. The Morgan fingerprint density at radius 1 is 0.892 bits per heavy atom. The Kier molecular flexibility index (Phi) is 8.00. The highest BCUT2D eigenvalue weighted by atomic mass is 16.5. The lowest BCUT2D eigenvalue weighted by molar-refractivity contribution is 0.0713. The van der Waals surface area contributed by atoms with E-state index >= 15 is 0 Å². The molecule has 4 rings (SSSR count). The molecule has 2 aromatic carbocycles. The summed E-state index contributed by atoms with van der Waals surface area (Å²) in [5, 5.41) is 0. The molecule has 0 atom stereocenters. The Bertz CT molecular complexity index is 1200. The van der Waals surface area contributed by atoms with E-state index in [1.54, 1.807) is 27.4 Å². The summed E-state index contributed by atoms with van der Waals surface area (Å²) in [4.78, 5) is 17.3. The van der Waals surface area contributed by atoms with Gasteiger partial charge in [0.05, 0.1) is 21.3 Å². The fourth-order valence-electron chi connectivity index (χ4n) is 4.62. The highest BCUT2D eigenvalue weighted by molar-refractivity contribution is 5.91. The number of piperazine rings is 1. The summed E-state index contributed by atoms with van der Waals surface area (Å²) in [5.41, 5.74) is 3.41. The molecule has 37 heavy (non-hydrogen) atoms. The van der Waals surface area contributed by atoms with Crippen molar-refractivity contribution in [3.63, 3.8) is 0 Å². The van der Waals surface area contributed by atoms with E-state index in [4.69, 9.17) is 18.6 Å². The number of nitrogens with zero attached hydrogens (tertiary/aromatic N) is 2. The summed E-state index contributed by atoms with van der Waals surface area (Å²) in [6.07, 6.45) is 1.60. The fraction of sp³-hybridized carbons (Fsp3) is 0.433. The van der Waals surface area contributed by atoms with Crippen LogP contribution >= 0.6 is 0 Å². The Hall–Kier alpha value is -3.61. The molecular weight excluding hydrogens is 468 g/mol. The molecule has 0 aliphatic carbocycles. The minimum Gasteiger partial charge on any atom is -0.497 e. The van der Waals surface area contributed by atoms with Crippen molar-refractivity contribution in [2.75, 3.05) is 52.4 Å². The Balaban J connectivity index is 1.42. The molecule has 1 amide bonds. The van der Waals surface area contributed by atoms with Crippen molar-refractivity contribution in [2.45, 2.75) is 39.0 Å². The Morgan fingerprint density at radius 2 is 1.57 bits per heavy atom. The smallest absolute Gasteiger partial charge is 0.289 e. The number of methoxy groups -OCH3 is 3. The van der Waals surface area contributed by atoms with Crippen LogP contribution in [0.25, 0.3) is 0 Å². The molecule has 1 aromatic heterocycles. The van der Waals surface area contributed by atoms with Crippen molar-refractivity contribution in [3.05, 3.63) is 71.2 Å². The van der Waals surface area contributed by atoms with Gasteiger partial charge in [-0.2, -0.15) is 0 Å². The zero-order valence-corrected chi connectivity index (χ0v) is 22.8. The molecule has 0 saturated carbocycles. The summed E-state index contributed by atoms with van der Waals surface area (Å²) in [5.74, 6) is 3.35. The van der Waals surface area contributed by atoms with E-state index in [1.165, 1.54) is 5.56 Å². The molecule has 198 valence electrons. The summed E-state index contributed by atoms with van der Waals surface area (Å²) in [6, 6.07) is 15.9. The third-order valence-corrected chi connectivity index (χ3v) is 7.45. The van der Waals surface area contributed by atoms with E-state index in [1.807, 2.05) is 35.2 Å². The Labute approximate surface area is 219 Å². The molecule has 2 heterocycles. The lowest BCUT2D eigenvalue weighted by Gasteiger charge is -2.36. The van der Waals surface area contributed by atoms with E-state index in [2.05, 4.69) is 37.8 Å². The number of anilines is 1. The van der Waals surface area contributed by atoms with Crippen molar-refractivity contribution >= 4 is 11.6 Å².